The monoisotopic (exact) mass is 427 g/mol. The van der Waals surface area contributed by atoms with Crippen molar-refractivity contribution in [3.8, 4) is 0 Å². The van der Waals surface area contributed by atoms with E-state index in [-0.39, 0.29) is 22.6 Å². The van der Waals surface area contributed by atoms with Crippen molar-refractivity contribution in [2.75, 3.05) is 17.8 Å². The summed E-state index contributed by atoms with van der Waals surface area (Å²) in [5.41, 5.74) is 0.893. The highest BCUT2D eigenvalue weighted by Gasteiger charge is 2.31. The summed E-state index contributed by atoms with van der Waals surface area (Å²) in [5, 5.41) is 3.04. The summed E-state index contributed by atoms with van der Waals surface area (Å²) in [7, 11) is -3.67. The summed E-state index contributed by atoms with van der Waals surface area (Å²) in [5.74, 6) is -0.0161. The molecule has 1 saturated heterocycles. The summed E-state index contributed by atoms with van der Waals surface area (Å²) in [6.07, 6.45) is 3.47. The molecular formula is C22H25N3O4S. The molecule has 0 bridgehead atoms. The van der Waals surface area contributed by atoms with E-state index < -0.39 is 10.0 Å². The van der Waals surface area contributed by atoms with Gasteiger partial charge in [-0.15, -0.1) is 0 Å². The van der Waals surface area contributed by atoms with Gasteiger partial charge >= 0.3 is 0 Å². The van der Waals surface area contributed by atoms with Crippen molar-refractivity contribution < 1.29 is 18.0 Å². The van der Waals surface area contributed by atoms with Crippen LogP contribution < -0.4 is 10.0 Å². The minimum Gasteiger partial charge on any atom is -0.353 e. The molecule has 2 N–H and O–H groups in total. The first kappa shape index (κ1) is 20.4. The third kappa shape index (κ3) is 4.81. The minimum absolute atomic E-state index is 0.0237. The molecule has 1 aliphatic carbocycles. The topological polar surface area (TPSA) is 95.6 Å². The van der Waals surface area contributed by atoms with Gasteiger partial charge in [0.05, 0.1) is 4.90 Å². The number of piperidine rings is 1. The molecule has 2 aromatic rings. The number of carbonyl (C=O) groups is 2. The van der Waals surface area contributed by atoms with E-state index in [0.29, 0.717) is 43.2 Å². The van der Waals surface area contributed by atoms with Crippen LogP contribution in [-0.4, -0.2) is 44.3 Å². The third-order valence-electron chi connectivity index (χ3n) is 5.51. The number of sulfonamides is 1. The van der Waals surface area contributed by atoms with Crippen molar-refractivity contribution in [2.45, 2.75) is 36.6 Å². The fourth-order valence-corrected chi connectivity index (χ4v) is 4.65. The van der Waals surface area contributed by atoms with Crippen molar-refractivity contribution in [3.05, 3.63) is 60.2 Å². The molecular weight excluding hydrogens is 402 g/mol. The minimum atomic E-state index is -3.67. The van der Waals surface area contributed by atoms with Crippen molar-refractivity contribution in [3.63, 3.8) is 0 Å². The molecule has 1 saturated carbocycles. The second kappa shape index (κ2) is 8.47. The number of rotatable bonds is 6. The molecule has 30 heavy (non-hydrogen) atoms. The van der Waals surface area contributed by atoms with Gasteiger partial charge in [-0.2, -0.15) is 0 Å². The lowest BCUT2D eigenvalue weighted by Gasteiger charge is -2.31. The number of carbonyl (C=O) groups excluding carboxylic acids is 2. The molecule has 0 radical (unpaired) electrons. The van der Waals surface area contributed by atoms with Gasteiger partial charge in [0.2, 0.25) is 5.91 Å². The molecule has 2 aromatic carbocycles. The lowest BCUT2D eigenvalue weighted by molar-refractivity contribution is -0.126. The van der Waals surface area contributed by atoms with Crippen molar-refractivity contribution in [1.82, 2.24) is 10.2 Å². The Labute approximate surface area is 176 Å². The van der Waals surface area contributed by atoms with Crippen LogP contribution in [0, 0.1) is 5.92 Å². The summed E-state index contributed by atoms with van der Waals surface area (Å²) in [6, 6.07) is 14.9. The number of anilines is 1. The van der Waals surface area contributed by atoms with Crippen LogP contribution in [0.25, 0.3) is 0 Å². The molecule has 2 fully saturated rings. The quantitative estimate of drug-likeness (QED) is 0.741. The van der Waals surface area contributed by atoms with E-state index in [1.54, 1.807) is 47.4 Å². The zero-order valence-corrected chi connectivity index (χ0v) is 17.4. The number of nitrogens with zero attached hydrogens (tertiary/aromatic N) is 1. The predicted molar refractivity (Wildman–Crippen MR) is 113 cm³/mol. The van der Waals surface area contributed by atoms with Gasteiger partial charge in [0.15, 0.2) is 0 Å². The van der Waals surface area contributed by atoms with E-state index in [1.807, 2.05) is 0 Å². The van der Waals surface area contributed by atoms with Gasteiger partial charge in [0.25, 0.3) is 15.9 Å². The van der Waals surface area contributed by atoms with Crippen LogP contribution in [0.4, 0.5) is 5.69 Å². The van der Waals surface area contributed by atoms with Gasteiger partial charge in [0.1, 0.15) is 0 Å². The molecule has 1 aliphatic heterocycles. The Bertz CT molecular complexity index is 1010. The number of nitrogens with one attached hydrogen (secondary N) is 2. The summed E-state index contributed by atoms with van der Waals surface area (Å²) < 4.78 is 27.3. The van der Waals surface area contributed by atoms with Gasteiger partial charge in [0, 0.05) is 36.3 Å². The molecule has 158 valence electrons. The first-order valence-electron chi connectivity index (χ1n) is 10.2. The van der Waals surface area contributed by atoms with E-state index in [2.05, 4.69) is 10.0 Å². The number of hydrogen-bond acceptors (Lipinski definition) is 4. The Morgan fingerprint density at radius 3 is 2.10 bits per heavy atom. The SMILES string of the molecule is O=C(NC1CC1)C1CCN(C(=O)c2ccc(NS(=O)(=O)c3ccccc3)cc2)CC1. The Kier molecular flexibility index (Phi) is 5.76. The maximum Gasteiger partial charge on any atom is 0.261 e. The van der Waals surface area contributed by atoms with Crippen molar-refractivity contribution in [1.29, 1.82) is 0 Å². The number of amides is 2. The third-order valence-corrected chi connectivity index (χ3v) is 6.91. The van der Waals surface area contributed by atoms with Crippen LogP contribution in [0.15, 0.2) is 59.5 Å². The highest BCUT2D eigenvalue weighted by molar-refractivity contribution is 7.92. The van der Waals surface area contributed by atoms with E-state index in [4.69, 9.17) is 0 Å². The lowest BCUT2D eigenvalue weighted by atomic mass is 9.95. The van der Waals surface area contributed by atoms with Crippen molar-refractivity contribution >= 4 is 27.5 Å². The Balaban J connectivity index is 1.34. The lowest BCUT2D eigenvalue weighted by Crippen LogP contribution is -2.43. The first-order valence-corrected chi connectivity index (χ1v) is 11.7. The molecule has 0 aromatic heterocycles. The van der Waals surface area contributed by atoms with Crippen LogP contribution in [0.3, 0.4) is 0 Å². The molecule has 0 atom stereocenters. The largest absolute Gasteiger partial charge is 0.353 e. The Morgan fingerprint density at radius 2 is 1.50 bits per heavy atom. The molecule has 2 aliphatic rings. The molecule has 2 amide bonds. The fraction of sp³-hybridized carbons (Fsp3) is 0.364. The molecule has 7 nitrogen and oxygen atoms in total. The second-order valence-electron chi connectivity index (χ2n) is 7.85. The average molecular weight is 428 g/mol. The van der Waals surface area contributed by atoms with Crippen LogP contribution in [0.2, 0.25) is 0 Å². The van der Waals surface area contributed by atoms with E-state index >= 15 is 0 Å². The average Bonchev–Trinajstić information content (AvgIpc) is 3.58. The van der Waals surface area contributed by atoms with Gasteiger partial charge < -0.3 is 10.2 Å². The molecule has 0 unspecified atom stereocenters. The Hall–Kier alpha value is -2.87. The highest BCUT2D eigenvalue weighted by atomic mass is 32.2. The Morgan fingerprint density at radius 1 is 0.867 bits per heavy atom. The maximum atomic E-state index is 12.8. The molecule has 4 rings (SSSR count). The normalized spacial score (nSPS) is 17.4. The van der Waals surface area contributed by atoms with Gasteiger partial charge in [-0.3, -0.25) is 14.3 Å². The second-order valence-corrected chi connectivity index (χ2v) is 9.53. The van der Waals surface area contributed by atoms with Gasteiger partial charge in [-0.1, -0.05) is 18.2 Å². The van der Waals surface area contributed by atoms with Crippen molar-refractivity contribution in [2.24, 2.45) is 5.92 Å². The molecule has 8 heteroatoms. The number of likely N-dealkylation sites (tertiary alicyclic amines) is 1. The van der Waals surface area contributed by atoms with E-state index in [1.165, 1.54) is 12.1 Å². The van der Waals surface area contributed by atoms with Gasteiger partial charge in [-0.05, 0) is 62.1 Å². The summed E-state index contributed by atoms with van der Waals surface area (Å²) >= 11 is 0. The van der Waals surface area contributed by atoms with E-state index in [9.17, 15) is 18.0 Å². The summed E-state index contributed by atoms with van der Waals surface area (Å²) in [6.45, 7) is 1.09. The van der Waals surface area contributed by atoms with Crippen LogP contribution in [-0.2, 0) is 14.8 Å². The zero-order chi connectivity index (χ0) is 21.1. The summed E-state index contributed by atoms with van der Waals surface area (Å²) in [4.78, 5) is 26.9. The van der Waals surface area contributed by atoms with Crippen LogP contribution in [0.5, 0.6) is 0 Å². The number of benzene rings is 2. The van der Waals surface area contributed by atoms with Gasteiger partial charge in [-0.25, -0.2) is 8.42 Å². The predicted octanol–water partition coefficient (Wildman–Crippen LogP) is 2.62. The van der Waals surface area contributed by atoms with Crippen LogP contribution in [0.1, 0.15) is 36.0 Å². The van der Waals surface area contributed by atoms with Crippen LogP contribution >= 0.6 is 0 Å². The molecule has 1 heterocycles. The standard InChI is InChI=1S/C22H25N3O4S/c26-21(23-18-10-11-18)16-12-14-25(15-13-16)22(27)17-6-8-19(9-7-17)24-30(28,29)20-4-2-1-3-5-20/h1-9,16,18,24H,10-15H2,(H,23,26). The zero-order valence-electron chi connectivity index (χ0n) is 16.6. The fourth-order valence-electron chi connectivity index (χ4n) is 3.57. The maximum absolute atomic E-state index is 12.8. The number of hydrogen-bond donors (Lipinski definition) is 2. The molecule has 0 spiro atoms. The van der Waals surface area contributed by atoms with E-state index in [0.717, 1.165) is 12.8 Å². The highest BCUT2D eigenvalue weighted by Crippen LogP contribution is 2.24. The smallest absolute Gasteiger partial charge is 0.261 e. The first-order chi connectivity index (χ1) is 14.4.